The fourth-order valence-electron chi connectivity index (χ4n) is 1.30. The van der Waals surface area contributed by atoms with E-state index in [2.05, 4.69) is 4.98 Å². The summed E-state index contributed by atoms with van der Waals surface area (Å²) in [7, 11) is 3.57. The molecule has 0 saturated heterocycles. The smallest absolute Gasteiger partial charge is 0.356 e. The number of hydrogen-bond donors (Lipinski definition) is 0. The maximum absolute atomic E-state index is 11.5. The molecule has 0 bridgehead atoms. The zero-order valence-electron chi connectivity index (χ0n) is 11.0. The molecular weight excluding hydrogens is 250 g/mol. The van der Waals surface area contributed by atoms with Crippen LogP contribution in [0.4, 0.5) is 5.69 Å². The molecule has 1 rings (SSSR count). The van der Waals surface area contributed by atoms with Gasteiger partial charge in [-0.25, -0.2) is 9.78 Å². The van der Waals surface area contributed by atoms with Gasteiger partial charge in [-0.1, -0.05) is 0 Å². The average molecular weight is 265 g/mol. The average Bonchev–Trinajstić information content (AvgIpc) is 2.36. The van der Waals surface area contributed by atoms with Crippen molar-refractivity contribution in [2.24, 2.45) is 0 Å². The summed E-state index contributed by atoms with van der Waals surface area (Å²) in [6, 6.07) is 1.34. The van der Waals surface area contributed by atoms with E-state index in [-0.39, 0.29) is 18.0 Å². The van der Waals surface area contributed by atoms with Gasteiger partial charge >= 0.3 is 5.97 Å². The molecule has 0 amide bonds. The second-order valence-corrected chi connectivity index (χ2v) is 3.89. The van der Waals surface area contributed by atoms with Crippen molar-refractivity contribution >= 4 is 17.7 Å². The van der Waals surface area contributed by atoms with Crippen LogP contribution in [0.15, 0.2) is 18.5 Å². The third-order valence-corrected chi connectivity index (χ3v) is 2.15. The summed E-state index contributed by atoms with van der Waals surface area (Å²) < 4.78 is 4.80. The highest BCUT2D eigenvalue weighted by molar-refractivity contribution is 5.88. The van der Waals surface area contributed by atoms with Gasteiger partial charge in [0.1, 0.15) is 11.9 Å². The highest BCUT2D eigenvalue weighted by Crippen LogP contribution is 2.20. The Kier molecular flexibility index (Phi) is 4.99. The normalized spacial score (nSPS) is 10.5. The molecule has 7 nitrogen and oxygen atoms in total. The van der Waals surface area contributed by atoms with Gasteiger partial charge in [-0.15, -0.1) is 0 Å². The number of aromatic nitrogens is 1. The molecule has 0 aliphatic carbocycles. The Hall–Kier alpha value is -2.44. The van der Waals surface area contributed by atoms with E-state index in [1.54, 1.807) is 38.2 Å². The van der Waals surface area contributed by atoms with E-state index < -0.39 is 10.9 Å². The first-order valence-corrected chi connectivity index (χ1v) is 5.62. The predicted molar refractivity (Wildman–Crippen MR) is 69.6 cm³/mol. The highest BCUT2D eigenvalue weighted by atomic mass is 16.6. The van der Waals surface area contributed by atoms with Crippen molar-refractivity contribution in [3.8, 4) is 0 Å². The summed E-state index contributed by atoms with van der Waals surface area (Å²) in [4.78, 5) is 27.3. The predicted octanol–water partition coefficient (Wildman–Crippen LogP) is 1.70. The van der Waals surface area contributed by atoms with E-state index in [9.17, 15) is 14.9 Å². The minimum atomic E-state index is -0.600. The van der Waals surface area contributed by atoms with Crippen LogP contribution in [0.3, 0.4) is 0 Å². The van der Waals surface area contributed by atoms with Crippen LogP contribution in [-0.2, 0) is 4.74 Å². The van der Waals surface area contributed by atoms with Crippen molar-refractivity contribution in [3.05, 3.63) is 39.8 Å². The molecule has 0 fully saturated rings. The zero-order valence-corrected chi connectivity index (χ0v) is 11.0. The largest absolute Gasteiger partial charge is 0.461 e. The van der Waals surface area contributed by atoms with E-state index in [4.69, 9.17) is 4.74 Å². The molecular formula is C12H15N3O4. The Morgan fingerprint density at radius 3 is 2.79 bits per heavy atom. The third kappa shape index (κ3) is 4.06. The van der Waals surface area contributed by atoms with Gasteiger partial charge in [0.15, 0.2) is 0 Å². The maximum Gasteiger partial charge on any atom is 0.356 e. The summed E-state index contributed by atoms with van der Waals surface area (Å²) in [6.45, 7) is 1.90. The number of ether oxygens (including phenoxy) is 1. The number of pyridine rings is 1. The first-order chi connectivity index (χ1) is 8.95. The summed E-state index contributed by atoms with van der Waals surface area (Å²) in [6.07, 6.45) is 4.25. The van der Waals surface area contributed by atoms with Crippen LogP contribution in [0.1, 0.15) is 23.0 Å². The summed E-state index contributed by atoms with van der Waals surface area (Å²) >= 11 is 0. The van der Waals surface area contributed by atoms with Crippen LogP contribution in [0.5, 0.6) is 0 Å². The molecule has 0 atom stereocenters. The molecule has 1 aromatic heterocycles. The topological polar surface area (TPSA) is 85.6 Å². The van der Waals surface area contributed by atoms with Crippen molar-refractivity contribution in [2.45, 2.75) is 6.92 Å². The molecule has 19 heavy (non-hydrogen) atoms. The van der Waals surface area contributed by atoms with Gasteiger partial charge in [0.05, 0.1) is 17.1 Å². The van der Waals surface area contributed by atoms with E-state index >= 15 is 0 Å². The van der Waals surface area contributed by atoms with E-state index in [1.807, 2.05) is 0 Å². The van der Waals surface area contributed by atoms with Gasteiger partial charge in [0.2, 0.25) is 0 Å². The maximum atomic E-state index is 11.5. The molecule has 0 spiro atoms. The zero-order chi connectivity index (χ0) is 14.4. The lowest BCUT2D eigenvalue weighted by molar-refractivity contribution is -0.385. The monoisotopic (exact) mass is 265 g/mol. The van der Waals surface area contributed by atoms with Crippen LogP contribution < -0.4 is 0 Å². The molecule has 0 aromatic carbocycles. The second-order valence-electron chi connectivity index (χ2n) is 3.89. The van der Waals surface area contributed by atoms with Gasteiger partial charge in [-0.05, 0) is 25.3 Å². The molecule has 7 heteroatoms. The SMILES string of the molecule is CCOC(=O)c1cc(C=CN(C)C)c([N+](=O)[O-])cn1. The Bertz CT molecular complexity index is 512. The lowest BCUT2D eigenvalue weighted by Gasteiger charge is -2.05. The molecule has 0 N–H and O–H groups in total. The van der Waals surface area contributed by atoms with Gasteiger partial charge in [0, 0.05) is 14.1 Å². The molecule has 0 aliphatic rings. The number of rotatable bonds is 5. The van der Waals surface area contributed by atoms with E-state index in [1.165, 1.54) is 6.07 Å². The van der Waals surface area contributed by atoms with Crippen molar-refractivity contribution in [2.75, 3.05) is 20.7 Å². The summed E-state index contributed by atoms with van der Waals surface area (Å²) in [5.74, 6) is -0.600. The molecule has 0 unspecified atom stereocenters. The quantitative estimate of drug-likeness (QED) is 0.457. The van der Waals surface area contributed by atoms with E-state index in [0.29, 0.717) is 5.56 Å². The van der Waals surface area contributed by atoms with Crippen molar-refractivity contribution in [3.63, 3.8) is 0 Å². The second kappa shape index (κ2) is 6.48. The van der Waals surface area contributed by atoms with Gasteiger partial charge in [0.25, 0.3) is 5.69 Å². The molecule has 1 aromatic rings. The number of hydrogen-bond acceptors (Lipinski definition) is 6. The van der Waals surface area contributed by atoms with E-state index in [0.717, 1.165) is 6.20 Å². The lowest BCUT2D eigenvalue weighted by Crippen LogP contribution is -2.08. The fourth-order valence-corrected chi connectivity index (χ4v) is 1.30. The van der Waals surface area contributed by atoms with Crippen LogP contribution in [0.25, 0.3) is 6.08 Å². The van der Waals surface area contributed by atoms with Gasteiger partial charge in [-0.3, -0.25) is 10.1 Å². The minimum absolute atomic E-state index is 0.0471. The standard InChI is InChI=1S/C12H15N3O4/c1-4-19-12(16)10-7-9(5-6-14(2)3)11(8-13-10)15(17)18/h5-8H,4H2,1-3H3. The first kappa shape index (κ1) is 14.6. The van der Waals surface area contributed by atoms with Crippen molar-refractivity contribution < 1.29 is 14.5 Å². The van der Waals surface area contributed by atoms with Crippen LogP contribution in [0, 0.1) is 10.1 Å². The summed E-state index contributed by atoms with van der Waals surface area (Å²) in [5.41, 5.74) is 0.189. The number of nitrogens with zero attached hydrogens (tertiary/aromatic N) is 3. The molecule has 0 aliphatic heterocycles. The molecule has 1 heterocycles. The van der Waals surface area contributed by atoms with Crippen LogP contribution >= 0.6 is 0 Å². The van der Waals surface area contributed by atoms with Crippen LogP contribution in [0.2, 0.25) is 0 Å². The molecule has 102 valence electrons. The first-order valence-electron chi connectivity index (χ1n) is 5.62. The number of esters is 1. The number of nitro groups is 1. The Labute approximate surface area is 110 Å². The van der Waals surface area contributed by atoms with Crippen molar-refractivity contribution in [1.29, 1.82) is 0 Å². The molecule has 0 radical (unpaired) electrons. The van der Waals surface area contributed by atoms with Crippen LogP contribution in [-0.4, -0.2) is 41.5 Å². The third-order valence-electron chi connectivity index (χ3n) is 2.15. The van der Waals surface area contributed by atoms with Crippen molar-refractivity contribution in [1.82, 2.24) is 9.88 Å². The minimum Gasteiger partial charge on any atom is -0.461 e. The highest BCUT2D eigenvalue weighted by Gasteiger charge is 2.17. The Morgan fingerprint density at radius 1 is 1.58 bits per heavy atom. The lowest BCUT2D eigenvalue weighted by atomic mass is 10.2. The Balaban J connectivity index is 3.18. The van der Waals surface area contributed by atoms with Gasteiger partial charge < -0.3 is 9.64 Å². The fraction of sp³-hybridized carbons (Fsp3) is 0.333. The molecule has 0 saturated carbocycles. The number of carbonyl (C=O) groups is 1. The Morgan fingerprint density at radius 2 is 2.26 bits per heavy atom. The van der Waals surface area contributed by atoms with Gasteiger partial charge in [-0.2, -0.15) is 0 Å². The number of carbonyl (C=O) groups excluding carboxylic acids is 1. The summed E-state index contributed by atoms with van der Waals surface area (Å²) in [5, 5.41) is 10.9.